The van der Waals surface area contributed by atoms with Gasteiger partial charge in [-0.2, -0.15) is 0 Å². The first kappa shape index (κ1) is 12.1. The number of oxazole rings is 1. The van der Waals surface area contributed by atoms with E-state index in [1.54, 1.807) is 12.5 Å². The topological polar surface area (TPSA) is 59.2 Å². The van der Waals surface area contributed by atoms with Gasteiger partial charge >= 0.3 is 0 Å². The number of aliphatic hydroxyl groups is 1. The highest BCUT2D eigenvalue weighted by Crippen LogP contribution is 2.27. The summed E-state index contributed by atoms with van der Waals surface area (Å²) in [6.07, 6.45) is 3.51. The van der Waals surface area contributed by atoms with E-state index in [4.69, 9.17) is 4.42 Å². The molecule has 2 aromatic heterocycles. The molecule has 90 valence electrons. The SMILES string of the molecule is CC[C@H](O)c1ccc(Sc2nc(C)co2)cn1. The van der Waals surface area contributed by atoms with Crippen LogP contribution >= 0.6 is 11.8 Å². The lowest BCUT2D eigenvalue weighted by Gasteiger charge is -2.06. The van der Waals surface area contributed by atoms with E-state index in [0.29, 0.717) is 17.3 Å². The van der Waals surface area contributed by atoms with Gasteiger partial charge in [-0.25, -0.2) is 4.98 Å². The molecule has 0 spiro atoms. The maximum atomic E-state index is 9.61. The van der Waals surface area contributed by atoms with Crippen LogP contribution in [0.1, 0.15) is 30.8 Å². The standard InChI is InChI=1S/C12H14N2O2S/c1-3-11(15)10-5-4-9(6-13-10)17-12-14-8(2)7-16-12/h4-7,11,15H,3H2,1-2H3/t11-/m0/s1. The van der Waals surface area contributed by atoms with Crippen LogP contribution in [0.25, 0.3) is 0 Å². The Bertz CT molecular complexity index is 482. The number of rotatable bonds is 4. The summed E-state index contributed by atoms with van der Waals surface area (Å²) in [5.41, 5.74) is 1.55. The molecule has 0 saturated heterocycles. The molecule has 2 heterocycles. The Labute approximate surface area is 104 Å². The van der Waals surface area contributed by atoms with Crippen LogP contribution in [0, 0.1) is 6.92 Å². The first-order valence-electron chi connectivity index (χ1n) is 5.43. The molecule has 0 fully saturated rings. The van der Waals surface area contributed by atoms with Crippen LogP contribution in [0.5, 0.6) is 0 Å². The van der Waals surface area contributed by atoms with Gasteiger partial charge in [-0.3, -0.25) is 4.98 Å². The third-order valence-corrected chi connectivity index (χ3v) is 3.13. The van der Waals surface area contributed by atoms with Crippen LogP contribution < -0.4 is 0 Å². The van der Waals surface area contributed by atoms with Gasteiger partial charge in [-0.05, 0) is 37.2 Å². The average Bonchev–Trinajstić information content (AvgIpc) is 2.75. The first-order valence-corrected chi connectivity index (χ1v) is 6.24. The van der Waals surface area contributed by atoms with Crippen molar-refractivity contribution in [3.63, 3.8) is 0 Å². The second-order valence-electron chi connectivity index (χ2n) is 3.70. The maximum Gasteiger partial charge on any atom is 0.260 e. The zero-order valence-electron chi connectivity index (χ0n) is 9.75. The molecule has 2 rings (SSSR count). The molecule has 0 aromatic carbocycles. The first-order chi connectivity index (χ1) is 8.19. The van der Waals surface area contributed by atoms with Crippen molar-refractivity contribution in [3.05, 3.63) is 36.0 Å². The van der Waals surface area contributed by atoms with E-state index in [9.17, 15) is 5.11 Å². The molecule has 5 heteroatoms. The molecule has 4 nitrogen and oxygen atoms in total. The van der Waals surface area contributed by atoms with Crippen molar-refractivity contribution in [1.29, 1.82) is 0 Å². The summed E-state index contributed by atoms with van der Waals surface area (Å²) in [5.74, 6) is 0. The van der Waals surface area contributed by atoms with Crippen molar-refractivity contribution < 1.29 is 9.52 Å². The van der Waals surface area contributed by atoms with Gasteiger partial charge in [0.1, 0.15) is 6.26 Å². The fraction of sp³-hybridized carbons (Fsp3) is 0.333. The smallest absolute Gasteiger partial charge is 0.260 e. The molecular weight excluding hydrogens is 236 g/mol. The predicted octanol–water partition coefficient (Wildman–Crippen LogP) is 2.97. The summed E-state index contributed by atoms with van der Waals surface area (Å²) in [6, 6.07) is 3.73. The zero-order chi connectivity index (χ0) is 12.3. The number of pyridine rings is 1. The minimum Gasteiger partial charge on any atom is -0.439 e. The van der Waals surface area contributed by atoms with Gasteiger partial charge in [-0.15, -0.1) is 0 Å². The second-order valence-corrected chi connectivity index (χ2v) is 4.72. The Morgan fingerprint density at radius 2 is 2.29 bits per heavy atom. The van der Waals surface area contributed by atoms with Crippen LogP contribution in [0.4, 0.5) is 0 Å². The zero-order valence-corrected chi connectivity index (χ0v) is 10.6. The molecule has 0 bridgehead atoms. The average molecular weight is 250 g/mol. The highest BCUT2D eigenvalue weighted by atomic mass is 32.2. The van der Waals surface area contributed by atoms with Crippen LogP contribution in [-0.4, -0.2) is 15.1 Å². The van der Waals surface area contributed by atoms with Gasteiger partial charge < -0.3 is 9.52 Å². The monoisotopic (exact) mass is 250 g/mol. The largest absolute Gasteiger partial charge is 0.439 e. The molecule has 17 heavy (non-hydrogen) atoms. The van der Waals surface area contributed by atoms with E-state index < -0.39 is 6.10 Å². The molecule has 0 amide bonds. The molecule has 0 aliphatic rings. The van der Waals surface area contributed by atoms with Crippen LogP contribution in [0.2, 0.25) is 0 Å². The van der Waals surface area contributed by atoms with E-state index in [1.165, 1.54) is 11.8 Å². The summed E-state index contributed by atoms with van der Waals surface area (Å²) in [4.78, 5) is 9.35. The molecule has 0 aliphatic carbocycles. The van der Waals surface area contributed by atoms with Crippen LogP contribution in [-0.2, 0) is 0 Å². The highest BCUT2D eigenvalue weighted by molar-refractivity contribution is 7.99. The van der Waals surface area contributed by atoms with E-state index in [1.807, 2.05) is 26.0 Å². The van der Waals surface area contributed by atoms with Gasteiger partial charge in [-0.1, -0.05) is 6.92 Å². The quantitative estimate of drug-likeness (QED) is 0.904. The second kappa shape index (κ2) is 5.33. The minimum absolute atomic E-state index is 0.488. The Kier molecular flexibility index (Phi) is 3.81. The lowest BCUT2D eigenvalue weighted by atomic mass is 10.2. The van der Waals surface area contributed by atoms with Gasteiger partial charge in [0.25, 0.3) is 5.22 Å². The normalized spacial score (nSPS) is 12.6. The third-order valence-electron chi connectivity index (χ3n) is 2.29. The van der Waals surface area contributed by atoms with Crippen molar-refractivity contribution >= 4 is 11.8 Å². The fourth-order valence-electron chi connectivity index (χ4n) is 1.34. The Hall–Kier alpha value is -1.33. The number of aromatic nitrogens is 2. The molecule has 1 N–H and O–H groups in total. The molecule has 2 aromatic rings. The minimum atomic E-state index is -0.488. The van der Waals surface area contributed by atoms with Crippen molar-refractivity contribution in [1.82, 2.24) is 9.97 Å². The Balaban J connectivity index is 2.08. The summed E-state index contributed by atoms with van der Waals surface area (Å²) >= 11 is 1.41. The summed E-state index contributed by atoms with van der Waals surface area (Å²) in [7, 11) is 0. The van der Waals surface area contributed by atoms with E-state index >= 15 is 0 Å². The molecule has 0 radical (unpaired) electrons. The molecule has 0 saturated carbocycles. The predicted molar refractivity (Wildman–Crippen MR) is 64.9 cm³/mol. The van der Waals surface area contributed by atoms with Gasteiger partial charge in [0, 0.05) is 11.1 Å². The Morgan fingerprint density at radius 1 is 1.47 bits per heavy atom. The number of aliphatic hydroxyl groups excluding tert-OH is 1. The third kappa shape index (κ3) is 3.08. The van der Waals surface area contributed by atoms with Crippen LogP contribution in [0.15, 0.2) is 39.1 Å². The summed E-state index contributed by atoms with van der Waals surface area (Å²) in [5, 5.41) is 10.2. The highest BCUT2D eigenvalue weighted by Gasteiger charge is 2.08. The van der Waals surface area contributed by atoms with Crippen molar-refractivity contribution in [3.8, 4) is 0 Å². The number of hydrogen-bond donors (Lipinski definition) is 1. The van der Waals surface area contributed by atoms with Gasteiger partial charge in [0.2, 0.25) is 0 Å². The van der Waals surface area contributed by atoms with Gasteiger partial charge in [0.05, 0.1) is 17.5 Å². The lowest BCUT2D eigenvalue weighted by molar-refractivity contribution is 0.169. The fourth-order valence-corrected chi connectivity index (χ4v) is 2.07. The molecule has 0 unspecified atom stereocenters. The Morgan fingerprint density at radius 3 is 2.82 bits per heavy atom. The van der Waals surface area contributed by atoms with Crippen molar-refractivity contribution in [2.45, 2.75) is 36.5 Å². The summed E-state index contributed by atoms with van der Waals surface area (Å²) < 4.78 is 5.24. The van der Waals surface area contributed by atoms with Gasteiger partial charge in [0.15, 0.2) is 0 Å². The van der Waals surface area contributed by atoms with Crippen molar-refractivity contribution in [2.75, 3.05) is 0 Å². The number of aryl methyl sites for hydroxylation is 1. The maximum absolute atomic E-state index is 9.61. The number of hydrogen-bond acceptors (Lipinski definition) is 5. The molecule has 0 aliphatic heterocycles. The van der Waals surface area contributed by atoms with E-state index in [0.717, 1.165) is 10.6 Å². The number of nitrogens with zero attached hydrogens (tertiary/aromatic N) is 2. The van der Waals surface area contributed by atoms with Crippen LogP contribution in [0.3, 0.4) is 0 Å². The van der Waals surface area contributed by atoms with Crippen molar-refractivity contribution in [2.24, 2.45) is 0 Å². The summed E-state index contributed by atoms with van der Waals surface area (Å²) in [6.45, 7) is 3.80. The lowest BCUT2D eigenvalue weighted by Crippen LogP contribution is -1.97. The van der Waals surface area contributed by atoms with E-state index in [-0.39, 0.29) is 0 Å². The molecular formula is C12H14N2O2S. The molecule has 1 atom stereocenters. The van der Waals surface area contributed by atoms with E-state index in [2.05, 4.69) is 9.97 Å².